The van der Waals surface area contributed by atoms with E-state index in [9.17, 15) is 13.5 Å². The Bertz CT molecular complexity index is 842. The van der Waals surface area contributed by atoms with Crippen LogP contribution in [0.1, 0.15) is 12.5 Å². The minimum absolute atomic E-state index is 0.124. The van der Waals surface area contributed by atoms with Gasteiger partial charge >= 0.3 is 0 Å². The van der Waals surface area contributed by atoms with Crippen LogP contribution in [0, 0.1) is 0 Å². The van der Waals surface area contributed by atoms with Gasteiger partial charge in [0.25, 0.3) is 0 Å². The molecule has 25 heavy (non-hydrogen) atoms. The van der Waals surface area contributed by atoms with E-state index in [0.29, 0.717) is 0 Å². The van der Waals surface area contributed by atoms with Crippen LogP contribution in [0.2, 0.25) is 0 Å². The van der Waals surface area contributed by atoms with Crippen LogP contribution in [0.4, 0.5) is 0 Å². The summed E-state index contributed by atoms with van der Waals surface area (Å²) in [6.45, 7) is 1.42. The van der Waals surface area contributed by atoms with Gasteiger partial charge in [0.05, 0.1) is 10.5 Å². The second kappa shape index (κ2) is 8.58. The Labute approximate surface area is 157 Å². The molecule has 0 saturated carbocycles. The van der Waals surface area contributed by atoms with Crippen molar-refractivity contribution in [2.45, 2.75) is 17.4 Å². The quantitative estimate of drug-likeness (QED) is 0.668. The van der Waals surface area contributed by atoms with Crippen molar-refractivity contribution in [1.29, 1.82) is 0 Å². The van der Waals surface area contributed by atoms with Crippen molar-refractivity contribution in [2.24, 2.45) is 0 Å². The number of nitrogens with one attached hydrogen (secondary N) is 1. The van der Waals surface area contributed by atoms with Crippen LogP contribution in [-0.4, -0.2) is 25.7 Å². The summed E-state index contributed by atoms with van der Waals surface area (Å²) in [5, 5.41) is 10.3. The summed E-state index contributed by atoms with van der Waals surface area (Å²) < 4.78 is 27.7. The number of benzene rings is 2. The van der Waals surface area contributed by atoms with E-state index < -0.39 is 15.6 Å². The van der Waals surface area contributed by atoms with Crippen LogP contribution < -0.4 is 4.72 Å². The van der Waals surface area contributed by atoms with Gasteiger partial charge in [-0.15, -0.1) is 0 Å². The van der Waals surface area contributed by atoms with Crippen molar-refractivity contribution in [2.75, 3.05) is 6.54 Å². The number of halogens is 1. The molecule has 0 unspecified atom stereocenters. The first kappa shape index (κ1) is 19.6. The third kappa shape index (κ3) is 6.59. The average Bonchev–Trinajstić information content (AvgIpc) is 2.59. The molecule has 0 heterocycles. The van der Waals surface area contributed by atoms with E-state index in [1.807, 2.05) is 36.4 Å². The average molecular weight is 422 g/mol. The van der Waals surface area contributed by atoms with Gasteiger partial charge in [-0.05, 0) is 36.8 Å². The molecule has 0 aliphatic rings. The highest BCUT2D eigenvalue weighted by molar-refractivity contribution is 9.10. The third-order valence-corrected chi connectivity index (χ3v) is 5.34. The van der Waals surface area contributed by atoms with Crippen LogP contribution in [0.5, 0.6) is 0 Å². The van der Waals surface area contributed by atoms with Crippen molar-refractivity contribution >= 4 is 32.0 Å². The second-order valence-corrected chi connectivity index (χ2v) is 8.45. The number of hydrogen-bond donors (Lipinski definition) is 2. The first-order chi connectivity index (χ1) is 11.8. The molecule has 0 aliphatic carbocycles. The molecule has 0 fully saturated rings. The SMILES string of the molecule is C[C@](O)(/C=C/C=C/c1ccccc1)CNS(=O)(=O)c1ccc(Br)cc1. The molecule has 132 valence electrons. The Kier molecular flexibility index (Phi) is 6.72. The maximum Gasteiger partial charge on any atom is 0.240 e. The number of aliphatic hydroxyl groups is 1. The van der Waals surface area contributed by atoms with Crippen molar-refractivity contribution in [3.63, 3.8) is 0 Å². The van der Waals surface area contributed by atoms with Crippen LogP contribution in [0.15, 0.2) is 82.2 Å². The first-order valence-corrected chi connectivity index (χ1v) is 9.95. The Morgan fingerprint density at radius 3 is 2.36 bits per heavy atom. The lowest BCUT2D eigenvalue weighted by Gasteiger charge is -2.19. The number of hydrogen-bond acceptors (Lipinski definition) is 3. The van der Waals surface area contributed by atoms with E-state index >= 15 is 0 Å². The zero-order valence-corrected chi connectivity index (χ0v) is 16.2. The maximum absolute atomic E-state index is 12.2. The summed E-state index contributed by atoms with van der Waals surface area (Å²) in [7, 11) is -3.67. The van der Waals surface area contributed by atoms with E-state index in [4.69, 9.17) is 0 Å². The highest BCUT2D eigenvalue weighted by atomic mass is 79.9. The predicted octanol–water partition coefficient (Wildman–Crippen LogP) is 3.75. The van der Waals surface area contributed by atoms with Crippen molar-refractivity contribution in [3.05, 3.63) is 82.9 Å². The molecular weight excluding hydrogens is 402 g/mol. The van der Waals surface area contributed by atoms with E-state index in [1.165, 1.54) is 12.1 Å². The molecule has 0 aromatic heterocycles. The zero-order valence-electron chi connectivity index (χ0n) is 13.8. The van der Waals surface area contributed by atoms with Crippen molar-refractivity contribution in [3.8, 4) is 0 Å². The molecule has 0 amide bonds. The topological polar surface area (TPSA) is 66.4 Å². The van der Waals surface area contributed by atoms with Crippen LogP contribution >= 0.6 is 15.9 Å². The lowest BCUT2D eigenvalue weighted by Crippen LogP contribution is -2.39. The molecule has 0 spiro atoms. The van der Waals surface area contributed by atoms with Gasteiger partial charge in [-0.1, -0.05) is 70.6 Å². The summed E-state index contributed by atoms with van der Waals surface area (Å²) in [5.74, 6) is 0. The predicted molar refractivity (Wildman–Crippen MR) is 105 cm³/mol. The lowest BCUT2D eigenvalue weighted by atomic mass is 10.1. The highest BCUT2D eigenvalue weighted by Crippen LogP contribution is 2.15. The number of allylic oxidation sites excluding steroid dienone is 2. The molecule has 6 heteroatoms. The molecule has 0 radical (unpaired) electrons. The van der Waals surface area contributed by atoms with Gasteiger partial charge in [0.2, 0.25) is 10.0 Å². The molecule has 4 nitrogen and oxygen atoms in total. The van der Waals surface area contributed by atoms with Crippen LogP contribution in [0.3, 0.4) is 0 Å². The fourth-order valence-corrected chi connectivity index (χ4v) is 3.40. The molecule has 0 aliphatic heterocycles. The Morgan fingerprint density at radius 1 is 1.08 bits per heavy atom. The monoisotopic (exact) mass is 421 g/mol. The standard InChI is InChI=1S/C19H20BrNO3S/c1-19(22,14-6-5-9-16-7-3-2-4-8-16)15-21-25(23,24)18-12-10-17(20)11-13-18/h2-14,21-22H,15H2,1H3/b9-5+,14-6+/t19-/m0/s1. The Morgan fingerprint density at radius 2 is 1.72 bits per heavy atom. The molecule has 2 aromatic rings. The fourth-order valence-electron chi connectivity index (χ4n) is 1.99. The third-order valence-electron chi connectivity index (χ3n) is 3.40. The van der Waals surface area contributed by atoms with Gasteiger partial charge in [-0.2, -0.15) is 0 Å². The van der Waals surface area contributed by atoms with Crippen molar-refractivity contribution < 1.29 is 13.5 Å². The van der Waals surface area contributed by atoms with Gasteiger partial charge < -0.3 is 5.11 Å². The Hall–Kier alpha value is -1.73. The minimum atomic E-state index is -3.67. The maximum atomic E-state index is 12.2. The molecule has 1 atom stereocenters. The van der Waals surface area contributed by atoms with Crippen LogP contribution in [-0.2, 0) is 10.0 Å². The zero-order chi connectivity index (χ0) is 18.3. The molecular formula is C19H20BrNO3S. The molecule has 2 aromatic carbocycles. The van der Waals surface area contributed by atoms with Gasteiger partial charge in [-0.25, -0.2) is 13.1 Å². The summed E-state index contributed by atoms with van der Waals surface area (Å²) >= 11 is 3.26. The smallest absolute Gasteiger partial charge is 0.240 e. The van der Waals surface area contributed by atoms with E-state index in [1.54, 1.807) is 37.3 Å². The van der Waals surface area contributed by atoms with Gasteiger partial charge in [0, 0.05) is 11.0 Å². The van der Waals surface area contributed by atoms with E-state index in [-0.39, 0.29) is 11.4 Å². The summed E-state index contributed by atoms with van der Waals surface area (Å²) in [5.41, 5.74) is -0.258. The fraction of sp³-hybridized carbons (Fsp3) is 0.158. The molecule has 0 bridgehead atoms. The normalized spacial score (nSPS) is 14.8. The Balaban J connectivity index is 1.95. The molecule has 2 N–H and O–H groups in total. The van der Waals surface area contributed by atoms with E-state index in [2.05, 4.69) is 20.7 Å². The highest BCUT2D eigenvalue weighted by Gasteiger charge is 2.21. The van der Waals surface area contributed by atoms with Gasteiger partial charge in [-0.3, -0.25) is 0 Å². The molecule has 2 rings (SSSR count). The second-order valence-electron chi connectivity index (χ2n) is 5.76. The number of sulfonamides is 1. The van der Waals surface area contributed by atoms with E-state index in [0.717, 1.165) is 10.0 Å². The minimum Gasteiger partial charge on any atom is -0.385 e. The largest absolute Gasteiger partial charge is 0.385 e. The lowest BCUT2D eigenvalue weighted by molar-refractivity contribution is 0.116. The number of rotatable bonds is 7. The first-order valence-electron chi connectivity index (χ1n) is 7.67. The summed E-state index contributed by atoms with van der Waals surface area (Å²) in [6.07, 6.45) is 6.95. The molecule has 0 saturated heterocycles. The van der Waals surface area contributed by atoms with Gasteiger partial charge in [0.15, 0.2) is 0 Å². The summed E-state index contributed by atoms with van der Waals surface area (Å²) in [4.78, 5) is 0.152. The van der Waals surface area contributed by atoms with Gasteiger partial charge in [0.1, 0.15) is 0 Å². The van der Waals surface area contributed by atoms with Crippen LogP contribution in [0.25, 0.3) is 6.08 Å². The summed E-state index contributed by atoms with van der Waals surface area (Å²) in [6, 6.07) is 16.1. The van der Waals surface area contributed by atoms with Crippen molar-refractivity contribution in [1.82, 2.24) is 4.72 Å².